The second kappa shape index (κ2) is 5.58. The van der Waals surface area contributed by atoms with Gasteiger partial charge in [-0.3, -0.25) is 4.99 Å². The van der Waals surface area contributed by atoms with E-state index in [2.05, 4.69) is 50.0 Å². The Balaban J connectivity index is 0.000000293. The van der Waals surface area contributed by atoms with Crippen LogP contribution in [0.4, 0.5) is 0 Å². The molecule has 0 radical (unpaired) electrons. The molecule has 2 rings (SSSR count). The Labute approximate surface area is 86.9 Å². The molecular weight excluding hydrogens is 170 g/mol. The number of rotatable bonds is 1. The highest BCUT2D eigenvalue weighted by Gasteiger charge is 2.11. The van der Waals surface area contributed by atoms with Gasteiger partial charge in [0.15, 0.2) is 0 Å². The van der Waals surface area contributed by atoms with E-state index in [1.165, 1.54) is 23.3 Å². The van der Waals surface area contributed by atoms with Gasteiger partial charge in [0.25, 0.3) is 0 Å². The van der Waals surface area contributed by atoms with Crippen molar-refractivity contribution in [3.8, 4) is 0 Å². The first kappa shape index (κ1) is 11.0. The van der Waals surface area contributed by atoms with Crippen LogP contribution < -0.4 is 0 Å². The summed E-state index contributed by atoms with van der Waals surface area (Å²) in [6, 6.07) is 8.47. The topological polar surface area (TPSA) is 12.4 Å². The first-order valence-electron chi connectivity index (χ1n) is 5.45. The molecule has 0 bridgehead atoms. The van der Waals surface area contributed by atoms with Crippen molar-refractivity contribution in [3.05, 3.63) is 35.4 Å². The van der Waals surface area contributed by atoms with Crippen LogP contribution in [-0.4, -0.2) is 5.71 Å². The summed E-state index contributed by atoms with van der Waals surface area (Å²) in [6.07, 6.45) is 2.30. The average Bonchev–Trinajstić information content (AvgIpc) is 2.62. The summed E-state index contributed by atoms with van der Waals surface area (Å²) in [5, 5.41) is 0. The standard InChI is InChI=1S/C10H11N.C3H8/c1-2-10-9-6-4-3-5-8(9)7-11-10;1-3-2/h3-6H,2,7H2,1H3;3H2,1-2H3. The fourth-order valence-electron chi connectivity index (χ4n) is 1.51. The molecule has 1 heterocycles. The maximum atomic E-state index is 4.44. The highest BCUT2D eigenvalue weighted by Crippen LogP contribution is 2.19. The Morgan fingerprint density at radius 2 is 1.79 bits per heavy atom. The highest BCUT2D eigenvalue weighted by atomic mass is 14.8. The van der Waals surface area contributed by atoms with Crippen LogP contribution in [0.1, 0.15) is 44.7 Å². The summed E-state index contributed by atoms with van der Waals surface area (Å²) in [6.45, 7) is 7.29. The molecule has 0 spiro atoms. The van der Waals surface area contributed by atoms with Gasteiger partial charge in [-0.1, -0.05) is 51.5 Å². The summed E-state index contributed by atoms with van der Waals surface area (Å²) in [7, 11) is 0. The third-order valence-electron chi connectivity index (χ3n) is 2.10. The van der Waals surface area contributed by atoms with Crippen molar-refractivity contribution in [2.75, 3.05) is 0 Å². The first-order chi connectivity index (χ1) is 6.83. The largest absolute Gasteiger partial charge is 0.284 e. The molecule has 0 fully saturated rings. The van der Waals surface area contributed by atoms with Gasteiger partial charge in [0.05, 0.1) is 6.54 Å². The van der Waals surface area contributed by atoms with Crippen molar-refractivity contribution in [1.29, 1.82) is 0 Å². The van der Waals surface area contributed by atoms with E-state index in [-0.39, 0.29) is 0 Å². The molecule has 76 valence electrons. The molecule has 0 N–H and O–H groups in total. The number of aliphatic imine (C=N–C) groups is 1. The van der Waals surface area contributed by atoms with Gasteiger partial charge in [-0.05, 0) is 12.0 Å². The molecule has 0 unspecified atom stereocenters. The molecule has 0 saturated carbocycles. The van der Waals surface area contributed by atoms with Crippen LogP contribution in [0.3, 0.4) is 0 Å². The van der Waals surface area contributed by atoms with Gasteiger partial charge in [0.2, 0.25) is 0 Å². The Morgan fingerprint density at radius 1 is 1.14 bits per heavy atom. The molecule has 1 aromatic rings. The van der Waals surface area contributed by atoms with Crippen molar-refractivity contribution in [3.63, 3.8) is 0 Å². The summed E-state index contributed by atoms with van der Waals surface area (Å²) in [4.78, 5) is 4.44. The maximum absolute atomic E-state index is 4.44. The van der Waals surface area contributed by atoms with Crippen molar-refractivity contribution in [2.24, 2.45) is 4.99 Å². The predicted molar refractivity (Wildman–Crippen MR) is 62.9 cm³/mol. The van der Waals surface area contributed by atoms with Gasteiger partial charge >= 0.3 is 0 Å². The molecule has 14 heavy (non-hydrogen) atoms. The molecule has 1 nitrogen and oxygen atoms in total. The quantitative estimate of drug-likeness (QED) is 0.637. The van der Waals surface area contributed by atoms with Crippen LogP contribution in [0.15, 0.2) is 29.3 Å². The Hall–Kier alpha value is -1.11. The van der Waals surface area contributed by atoms with E-state index in [1.54, 1.807) is 0 Å². The van der Waals surface area contributed by atoms with Gasteiger partial charge in [0, 0.05) is 11.3 Å². The number of nitrogens with zero attached hydrogens (tertiary/aromatic N) is 1. The monoisotopic (exact) mass is 189 g/mol. The summed E-state index contributed by atoms with van der Waals surface area (Å²) in [5.41, 5.74) is 4.00. The zero-order chi connectivity index (χ0) is 10.4. The molecule has 0 aromatic heterocycles. The number of fused-ring (bicyclic) bond motifs is 1. The van der Waals surface area contributed by atoms with E-state index in [9.17, 15) is 0 Å². The second-order valence-corrected chi connectivity index (χ2v) is 3.48. The minimum Gasteiger partial charge on any atom is -0.284 e. The lowest BCUT2D eigenvalue weighted by Gasteiger charge is -1.97. The van der Waals surface area contributed by atoms with E-state index in [0.717, 1.165) is 13.0 Å². The zero-order valence-corrected chi connectivity index (χ0v) is 9.38. The molecular formula is C13H19N. The van der Waals surface area contributed by atoms with E-state index in [4.69, 9.17) is 0 Å². The zero-order valence-electron chi connectivity index (χ0n) is 9.38. The van der Waals surface area contributed by atoms with Crippen molar-refractivity contribution < 1.29 is 0 Å². The van der Waals surface area contributed by atoms with Crippen molar-refractivity contribution >= 4 is 5.71 Å². The normalized spacial score (nSPS) is 12.6. The molecule has 1 aromatic carbocycles. The number of benzene rings is 1. The molecule has 0 atom stereocenters. The van der Waals surface area contributed by atoms with Crippen molar-refractivity contribution in [1.82, 2.24) is 0 Å². The lowest BCUT2D eigenvalue weighted by Crippen LogP contribution is -1.94. The lowest BCUT2D eigenvalue weighted by atomic mass is 10.1. The highest BCUT2D eigenvalue weighted by molar-refractivity contribution is 6.03. The molecule has 0 aliphatic carbocycles. The van der Waals surface area contributed by atoms with Crippen LogP contribution >= 0.6 is 0 Å². The molecule has 0 saturated heterocycles. The van der Waals surface area contributed by atoms with Crippen LogP contribution in [0.25, 0.3) is 0 Å². The van der Waals surface area contributed by atoms with Crippen LogP contribution in [0.5, 0.6) is 0 Å². The lowest BCUT2D eigenvalue weighted by molar-refractivity contribution is 1.09. The smallest absolute Gasteiger partial charge is 0.0649 e. The number of hydrogen-bond donors (Lipinski definition) is 0. The maximum Gasteiger partial charge on any atom is 0.0649 e. The molecule has 0 amide bonds. The summed E-state index contributed by atoms with van der Waals surface area (Å²) in [5.74, 6) is 0. The Bertz CT molecular complexity index is 313. The number of hydrogen-bond acceptors (Lipinski definition) is 1. The fraction of sp³-hybridized carbons (Fsp3) is 0.462. The SMILES string of the molecule is CCC.CCC1=NCc2ccccc21. The average molecular weight is 189 g/mol. The van der Waals surface area contributed by atoms with Crippen LogP contribution in [0, 0.1) is 0 Å². The predicted octanol–water partition coefficient (Wildman–Crippen LogP) is 3.82. The Morgan fingerprint density at radius 3 is 2.43 bits per heavy atom. The van der Waals surface area contributed by atoms with E-state index in [1.807, 2.05) is 0 Å². The van der Waals surface area contributed by atoms with E-state index in [0.29, 0.717) is 0 Å². The van der Waals surface area contributed by atoms with E-state index < -0.39 is 0 Å². The first-order valence-corrected chi connectivity index (χ1v) is 5.45. The van der Waals surface area contributed by atoms with E-state index >= 15 is 0 Å². The molecule has 1 aliphatic rings. The molecule has 1 aliphatic heterocycles. The fourth-order valence-corrected chi connectivity index (χ4v) is 1.51. The van der Waals surface area contributed by atoms with Crippen molar-refractivity contribution in [2.45, 2.75) is 40.2 Å². The van der Waals surface area contributed by atoms with Gasteiger partial charge < -0.3 is 0 Å². The third-order valence-corrected chi connectivity index (χ3v) is 2.10. The van der Waals surface area contributed by atoms with Gasteiger partial charge in [-0.25, -0.2) is 0 Å². The Kier molecular flexibility index (Phi) is 4.37. The van der Waals surface area contributed by atoms with Gasteiger partial charge in [0.1, 0.15) is 0 Å². The minimum atomic E-state index is 0.888. The third kappa shape index (κ3) is 2.44. The second-order valence-electron chi connectivity index (χ2n) is 3.48. The van der Waals surface area contributed by atoms with Crippen LogP contribution in [0.2, 0.25) is 0 Å². The van der Waals surface area contributed by atoms with Crippen LogP contribution in [-0.2, 0) is 6.54 Å². The summed E-state index contributed by atoms with van der Waals surface area (Å²) < 4.78 is 0. The minimum absolute atomic E-state index is 0.888. The van der Waals surface area contributed by atoms with Gasteiger partial charge in [-0.2, -0.15) is 0 Å². The van der Waals surface area contributed by atoms with Gasteiger partial charge in [-0.15, -0.1) is 0 Å². The summed E-state index contributed by atoms with van der Waals surface area (Å²) >= 11 is 0. The molecule has 1 heteroatoms.